The summed E-state index contributed by atoms with van der Waals surface area (Å²) in [5.74, 6) is -1.20. The van der Waals surface area contributed by atoms with Crippen LogP contribution in [0.25, 0.3) is 0 Å². The highest BCUT2D eigenvalue weighted by Crippen LogP contribution is 2.25. The van der Waals surface area contributed by atoms with Crippen molar-refractivity contribution in [2.75, 3.05) is 18.2 Å². The number of carbonyl (C=O) groups is 2. The molecule has 26 heavy (non-hydrogen) atoms. The number of rotatable bonds is 6. The summed E-state index contributed by atoms with van der Waals surface area (Å²) in [4.78, 5) is 25.6. The lowest BCUT2D eigenvalue weighted by Crippen LogP contribution is -2.21. The molecule has 0 fully saturated rings. The predicted molar refractivity (Wildman–Crippen MR) is 102 cm³/mol. The second kappa shape index (κ2) is 8.20. The Hall–Kier alpha value is -1.90. The van der Waals surface area contributed by atoms with Crippen molar-refractivity contribution >= 4 is 50.3 Å². The Kier molecular flexibility index (Phi) is 6.44. The number of benzene rings is 1. The Labute approximate surface area is 161 Å². The van der Waals surface area contributed by atoms with E-state index in [1.165, 1.54) is 29.5 Å². The largest absolute Gasteiger partial charge is 0.451 e. The molecule has 1 N–H and O–H groups in total. The van der Waals surface area contributed by atoms with Gasteiger partial charge in [0.15, 0.2) is 16.4 Å². The van der Waals surface area contributed by atoms with Crippen LogP contribution >= 0.6 is 22.9 Å². The summed E-state index contributed by atoms with van der Waals surface area (Å²) in [7, 11) is -3.44. The minimum absolute atomic E-state index is 0.0235. The highest BCUT2D eigenvalue weighted by Gasteiger charge is 2.16. The van der Waals surface area contributed by atoms with Crippen molar-refractivity contribution in [3.8, 4) is 0 Å². The van der Waals surface area contributed by atoms with E-state index >= 15 is 0 Å². The van der Waals surface area contributed by atoms with Gasteiger partial charge in [0.2, 0.25) is 0 Å². The average Bonchev–Trinajstić information content (AvgIpc) is 2.94. The van der Waals surface area contributed by atoms with Crippen LogP contribution in [0.15, 0.2) is 29.2 Å². The molecule has 1 amide bonds. The van der Waals surface area contributed by atoms with Crippen molar-refractivity contribution < 1.29 is 22.7 Å². The number of aryl methyl sites for hydroxylation is 2. The summed E-state index contributed by atoms with van der Waals surface area (Å²) >= 11 is 7.31. The smallest absolute Gasteiger partial charge is 0.348 e. The number of halogens is 1. The molecule has 0 unspecified atom stereocenters. The van der Waals surface area contributed by atoms with Gasteiger partial charge in [-0.25, -0.2) is 13.2 Å². The van der Waals surface area contributed by atoms with Gasteiger partial charge < -0.3 is 10.1 Å². The molecule has 9 heteroatoms. The van der Waals surface area contributed by atoms with Gasteiger partial charge in [-0.2, -0.15) is 0 Å². The second-order valence-electron chi connectivity index (χ2n) is 5.61. The predicted octanol–water partition coefficient (Wildman–Crippen LogP) is 3.47. The van der Waals surface area contributed by atoms with Crippen LogP contribution in [-0.4, -0.2) is 33.2 Å². The molecule has 0 saturated heterocycles. The first-order valence-corrected chi connectivity index (χ1v) is 10.8. The minimum Gasteiger partial charge on any atom is -0.451 e. The van der Waals surface area contributed by atoms with Crippen LogP contribution in [0.3, 0.4) is 0 Å². The first-order chi connectivity index (χ1) is 12.1. The van der Waals surface area contributed by atoms with Gasteiger partial charge in [-0.1, -0.05) is 18.5 Å². The van der Waals surface area contributed by atoms with Gasteiger partial charge in [-0.3, -0.25) is 4.79 Å². The maximum Gasteiger partial charge on any atom is 0.348 e. The number of sulfone groups is 1. The SMILES string of the molecule is CCc1sc(C(=O)OCC(=O)Nc2cc(S(C)(=O)=O)ccc2Cl)cc1C. The number of carbonyl (C=O) groups excluding carboxylic acids is 2. The maximum atomic E-state index is 12.0. The van der Waals surface area contributed by atoms with Gasteiger partial charge >= 0.3 is 5.97 Å². The van der Waals surface area contributed by atoms with Gasteiger partial charge in [0.25, 0.3) is 5.91 Å². The second-order valence-corrected chi connectivity index (χ2v) is 9.17. The fourth-order valence-corrected chi connectivity index (χ4v) is 4.01. The first-order valence-electron chi connectivity index (χ1n) is 7.67. The van der Waals surface area contributed by atoms with Gasteiger partial charge in [-0.05, 0) is 43.2 Å². The molecule has 0 spiro atoms. The molecular weight excluding hydrogens is 398 g/mol. The molecule has 0 aliphatic heterocycles. The van der Waals surface area contributed by atoms with E-state index in [4.69, 9.17) is 16.3 Å². The first kappa shape index (κ1) is 20.4. The monoisotopic (exact) mass is 415 g/mol. The number of amides is 1. The van der Waals surface area contributed by atoms with Crippen molar-refractivity contribution in [1.29, 1.82) is 0 Å². The molecule has 2 aromatic rings. The molecule has 0 atom stereocenters. The van der Waals surface area contributed by atoms with Crippen molar-refractivity contribution in [3.05, 3.63) is 44.6 Å². The van der Waals surface area contributed by atoms with E-state index in [-0.39, 0.29) is 15.6 Å². The third-order valence-electron chi connectivity index (χ3n) is 3.52. The number of nitrogens with one attached hydrogen (secondary N) is 1. The highest BCUT2D eigenvalue weighted by atomic mass is 35.5. The molecule has 2 rings (SSSR count). The Morgan fingerprint density at radius 1 is 1.27 bits per heavy atom. The van der Waals surface area contributed by atoms with E-state index in [9.17, 15) is 18.0 Å². The zero-order valence-electron chi connectivity index (χ0n) is 14.5. The molecule has 0 bridgehead atoms. The van der Waals surface area contributed by atoms with Crippen LogP contribution in [0.2, 0.25) is 5.02 Å². The van der Waals surface area contributed by atoms with E-state index in [1.54, 1.807) is 6.07 Å². The number of hydrogen-bond acceptors (Lipinski definition) is 6. The van der Waals surface area contributed by atoms with Crippen LogP contribution in [0, 0.1) is 6.92 Å². The van der Waals surface area contributed by atoms with Crippen LogP contribution in [0.1, 0.15) is 27.0 Å². The number of thiophene rings is 1. The van der Waals surface area contributed by atoms with Gasteiger partial charge in [0.1, 0.15) is 4.88 Å². The molecule has 0 radical (unpaired) electrons. The lowest BCUT2D eigenvalue weighted by molar-refractivity contribution is -0.119. The topological polar surface area (TPSA) is 89.5 Å². The third kappa shape index (κ3) is 5.06. The minimum atomic E-state index is -3.44. The quantitative estimate of drug-likeness (QED) is 0.729. The number of anilines is 1. The number of esters is 1. The molecular formula is C17H18ClNO5S2. The Balaban J connectivity index is 2.01. The van der Waals surface area contributed by atoms with Crippen LogP contribution in [0.5, 0.6) is 0 Å². The van der Waals surface area contributed by atoms with Crippen molar-refractivity contribution in [2.45, 2.75) is 25.2 Å². The zero-order chi connectivity index (χ0) is 19.5. The number of hydrogen-bond donors (Lipinski definition) is 1. The van der Waals surface area contributed by atoms with E-state index in [0.717, 1.165) is 23.1 Å². The highest BCUT2D eigenvalue weighted by molar-refractivity contribution is 7.90. The Bertz CT molecular complexity index is 950. The zero-order valence-corrected chi connectivity index (χ0v) is 16.8. The maximum absolute atomic E-state index is 12.0. The Morgan fingerprint density at radius 2 is 1.96 bits per heavy atom. The average molecular weight is 416 g/mol. The van der Waals surface area contributed by atoms with Crippen LogP contribution < -0.4 is 5.32 Å². The van der Waals surface area contributed by atoms with Crippen LogP contribution in [-0.2, 0) is 25.8 Å². The molecule has 0 saturated carbocycles. The van der Waals surface area contributed by atoms with E-state index < -0.39 is 28.3 Å². The molecule has 6 nitrogen and oxygen atoms in total. The van der Waals surface area contributed by atoms with E-state index in [0.29, 0.717) is 4.88 Å². The molecule has 0 aliphatic rings. The molecule has 1 heterocycles. The van der Waals surface area contributed by atoms with Crippen LogP contribution in [0.4, 0.5) is 5.69 Å². The van der Waals surface area contributed by atoms with E-state index in [2.05, 4.69) is 5.32 Å². The van der Waals surface area contributed by atoms with E-state index in [1.807, 2.05) is 13.8 Å². The fourth-order valence-electron chi connectivity index (χ4n) is 2.19. The van der Waals surface area contributed by atoms with Crippen molar-refractivity contribution in [1.82, 2.24) is 0 Å². The standard InChI is InChI=1S/C17H18ClNO5S2/c1-4-14-10(2)7-15(25-14)17(21)24-9-16(20)19-13-8-11(26(3,22)23)5-6-12(13)18/h5-8H,4,9H2,1-3H3,(H,19,20). The summed E-state index contributed by atoms with van der Waals surface area (Å²) in [5.41, 5.74) is 1.15. The van der Waals surface area contributed by atoms with Crippen molar-refractivity contribution in [2.24, 2.45) is 0 Å². The molecule has 0 aliphatic carbocycles. The summed E-state index contributed by atoms with van der Waals surface area (Å²) in [5, 5.41) is 2.63. The summed E-state index contributed by atoms with van der Waals surface area (Å²) in [6.07, 6.45) is 1.87. The van der Waals surface area contributed by atoms with Gasteiger partial charge in [0.05, 0.1) is 15.6 Å². The van der Waals surface area contributed by atoms with Crippen molar-refractivity contribution in [3.63, 3.8) is 0 Å². The summed E-state index contributed by atoms with van der Waals surface area (Å²) in [6.45, 7) is 3.40. The van der Waals surface area contributed by atoms with Gasteiger partial charge in [0, 0.05) is 11.1 Å². The molecule has 1 aromatic heterocycles. The lowest BCUT2D eigenvalue weighted by Gasteiger charge is -2.09. The molecule has 1 aromatic carbocycles. The Morgan fingerprint density at radius 3 is 2.54 bits per heavy atom. The third-order valence-corrected chi connectivity index (χ3v) is 6.32. The fraction of sp³-hybridized carbons (Fsp3) is 0.294. The number of ether oxygens (including phenoxy) is 1. The summed E-state index contributed by atoms with van der Waals surface area (Å²) < 4.78 is 28.2. The van der Waals surface area contributed by atoms with Gasteiger partial charge in [-0.15, -0.1) is 11.3 Å². The summed E-state index contributed by atoms with van der Waals surface area (Å²) in [6, 6.07) is 5.71. The normalized spacial score (nSPS) is 11.2. The molecule has 140 valence electrons. The lowest BCUT2D eigenvalue weighted by atomic mass is 10.2.